The van der Waals surface area contributed by atoms with Crippen LogP contribution in [-0.4, -0.2) is 43.6 Å². The van der Waals surface area contributed by atoms with Gasteiger partial charge in [-0.3, -0.25) is 4.79 Å². The molecule has 0 bridgehead atoms. The molecule has 0 unspecified atom stereocenters. The highest BCUT2D eigenvalue weighted by molar-refractivity contribution is 7.98. The normalized spacial score (nSPS) is 11.5. The summed E-state index contributed by atoms with van der Waals surface area (Å²) in [6, 6.07) is 5.74. The molecule has 1 N–H and O–H groups in total. The van der Waals surface area contributed by atoms with Gasteiger partial charge in [-0.15, -0.1) is 0 Å². The van der Waals surface area contributed by atoms with E-state index in [2.05, 4.69) is 5.32 Å². The number of hydrogen-bond acceptors (Lipinski definition) is 6. The van der Waals surface area contributed by atoms with E-state index in [1.165, 1.54) is 11.8 Å². The quantitative estimate of drug-likeness (QED) is 0.694. The van der Waals surface area contributed by atoms with Crippen LogP contribution in [0.15, 0.2) is 24.3 Å². The number of benzene rings is 1. The van der Waals surface area contributed by atoms with Gasteiger partial charge < -0.3 is 24.7 Å². The maximum atomic E-state index is 11.7. The molecular formula is C14H18NO5S-. The van der Waals surface area contributed by atoms with E-state index in [1.54, 1.807) is 31.4 Å². The van der Waals surface area contributed by atoms with E-state index in [4.69, 9.17) is 9.47 Å². The first kappa shape index (κ1) is 17.2. The first-order chi connectivity index (χ1) is 10.1. The van der Waals surface area contributed by atoms with Crippen molar-refractivity contribution in [1.82, 2.24) is 5.32 Å². The number of methoxy groups -OCH3 is 1. The third kappa shape index (κ3) is 6.40. The standard InChI is InChI=1S/C14H19NO5S/c1-19-10-3-5-11(6-4-10)20-9-13(16)15-12(14(17)18)7-8-21-2/h3-6,12H,7-9H2,1-2H3,(H,15,16)(H,17,18)/p-1/t12-/m0/s1. The molecule has 7 heteroatoms. The fraction of sp³-hybridized carbons (Fsp3) is 0.429. The monoisotopic (exact) mass is 312 g/mol. The molecule has 0 aliphatic heterocycles. The van der Waals surface area contributed by atoms with Crippen molar-refractivity contribution < 1.29 is 24.2 Å². The number of amides is 1. The summed E-state index contributed by atoms with van der Waals surface area (Å²) in [6.07, 6.45) is 2.18. The fourth-order valence-electron chi connectivity index (χ4n) is 1.54. The van der Waals surface area contributed by atoms with Crippen molar-refractivity contribution in [3.8, 4) is 11.5 Å². The molecule has 6 nitrogen and oxygen atoms in total. The maximum absolute atomic E-state index is 11.7. The number of aliphatic carboxylic acids is 1. The number of nitrogens with one attached hydrogen (secondary N) is 1. The van der Waals surface area contributed by atoms with E-state index in [0.29, 0.717) is 23.7 Å². The topological polar surface area (TPSA) is 87.7 Å². The van der Waals surface area contributed by atoms with E-state index in [-0.39, 0.29) is 6.61 Å². The molecule has 1 amide bonds. The summed E-state index contributed by atoms with van der Waals surface area (Å²) in [7, 11) is 1.55. The lowest BCUT2D eigenvalue weighted by atomic mass is 10.2. The Morgan fingerprint density at radius 2 is 1.90 bits per heavy atom. The number of hydrogen-bond donors (Lipinski definition) is 1. The van der Waals surface area contributed by atoms with Gasteiger partial charge in [0.25, 0.3) is 5.91 Å². The number of carbonyl (C=O) groups excluding carboxylic acids is 2. The Balaban J connectivity index is 2.42. The summed E-state index contributed by atoms with van der Waals surface area (Å²) in [5, 5.41) is 13.3. The average Bonchev–Trinajstić information content (AvgIpc) is 2.49. The molecule has 0 spiro atoms. The van der Waals surface area contributed by atoms with Crippen LogP contribution in [0.1, 0.15) is 6.42 Å². The average molecular weight is 312 g/mol. The summed E-state index contributed by atoms with van der Waals surface area (Å²) in [5.41, 5.74) is 0. The number of rotatable bonds is 9. The molecule has 1 aromatic rings. The van der Waals surface area contributed by atoms with Crippen LogP contribution in [0.5, 0.6) is 11.5 Å². The maximum Gasteiger partial charge on any atom is 0.258 e. The van der Waals surface area contributed by atoms with Gasteiger partial charge in [0.1, 0.15) is 11.5 Å². The molecule has 0 aliphatic carbocycles. The van der Waals surface area contributed by atoms with Gasteiger partial charge in [0, 0.05) is 0 Å². The summed E-state index contributed by atoms with van der Waals surface area (Å²) >= 11 is 1.50. The Bertz CT molecular complexity index is 463. The lowest BCUT2D eigenvalue weighted by Gasteiger charge is -2.19. The van der Waals surface area contributed by atoms with Crippen molar-refractivity contribution in [2.45, 2.75) is 12.5 Å². The molecule has 0 saturated heterocycles. The first-order valence-corrected chi connectivity index (χ1v) is 7.72. The van der Waals surface area contributed by atoms with E-state index in [1.807, 2.05) is 6.26 Å². The van der Waals surface area contributed by atoms with Gasteiger partial charge in [-0.05, 0) is 42.7 Å². The van der Waals surface area contributed by atoms with Gasteiger partial charge >= 0.3 is 0 Å². The Kier molecular flexibility index (Phi) is 7.45. The molecule has 0 heterocycles. The van der Waals surface area contributed by atoms with Crippen LogP contribution in [0.4, 0.5) is 0 Å². The largest absolute Gasteiger partial charge is 0.548 e. The third-order valence-electron chi connectivity index (χ3n) is 2.66. The molecule has 0 aliphatic rings. The highest BCUT2D eigenvalue weighted by Crippen LogP contribution is 2.16. The minimum absolute atomic E-state index is 0.255. The minimum Gasteiger partial charge on any atom is -0.548 e. The zero-order valence-corrected chi connectivity index (χ0v) is 12.8. The molecule has 0 radical (unpaired) electrons. The van der Waals surface area contributed by atoms with E-state index >= 15 is 0 Å². The van der Waals surface area contributed by atoms with Crippen molar-refractivity contribution >= 4 is 23.6 Å². The van der Waals surface area contributed by atoms with E-state index in [0.717, 1.165) is 0 Å². The van der Waals surface area contributed by atoms with Gasteiger partial charge in [-0.2, -0.15) is 11.8 Å². The second kappa shape index (κ2) is 9.12. The van der Waals surface area contributed by atoms with Crippen molar-refractivity contribution in [2.75, 3.05) is 25.7 Å². The van der Waals surface area contributed by atoms with Gasteiger partial charge in [0.05, 0.1) is 19.1 Å². The predicted octanol–water partition coefficient (Wildman–Crippen LogP) is 0.0618. The van der Waals surface area contributed by atoms with Crippen LogP contribution < -0.4 is 19.9 Å². The summed E-state index contributed by atoms with van der Waals surface area (Å²) in [4.78, 5) is 22.6. The van der Waals surface area contributed by atoms with Crippen LogP contribution in [-0.2, 0) is 9.59 Å². The number of ether oxygens (including phenoxy) is 2. The summed E-state index contributed by atoms with van der Waals surface area (Å²) < 4.78 is 10.3. The molecule has 1 atom stereocenters. The molecule has 1 aromatic carbocycles. The Hall–Kier alpha value is -1.89. The van der Waals surface area contributed by atoms with Gasteiger partial charge in [0.2, 0.25) is 0 Å². The molecule has 0 aromatic heterocycles. The SMILES string of the molecule is COc1ccc(OCC(=O)N[C@@H](CCSC)C(=O)[O-])cc1. The zero-order chi connectivity index (χ0) is 15.7. The molecule has 0 fully saturated rings. The number of carboxylic acids is 1. The van der Waals surface area contributed by atoms with Crippen molar-refractivity contribution in [3.05, 3.63) is 24.3 Å². The second-order valence-corrected chi connectivity index (χ2v) is 5.17. The van der Waals surface area contributed by atoms with E-state index in [9.17, 15) is 14.7 Å². The van der Waals surface area contributed by atoms with Crippen molar-refractivity contribution in [3.63, 3.8) is 0 Å². The second-order valence-electron chi connectivity index (χ2n) is 4.18. The summed E-state index contributed by atoms with van der Waals surface area (Å²) in [5.74, 6) is 0.0158. The van der Waals surface area contributed by atoms with Crippen LogP contribution in [0, 0.1) is 0 Å². The summed E-state index contributed by atoms with van der Waals surface area (Å²) in [6.45, 7) is -0.255. The smallest absolute Gasteiger partial charge is 0.258 e. The number of carboxylic acid groups (broad SMARTS) is 1. The lowest BCUT2D eigenvalue weighted by molar-refractivity contribution is -0.308. The van der Waals surface area contributed by atoms with Crippen LogP contribution in [0.3, 0.4) is 0 Å². The first-order valence-electron chi connectivity index (χ1n) is 6.32. The highest BCUT2D eigenvalue weighted by Gasteiger charge is 2.13. The number of thioether (sulfide) groups is 1. The highest BCUT2D eigenvalue weighted by atomic mass is 32.2. The Labute approximate surface area is 127 Å². The molecule has 116 valence electrons. The van der Waals surface area contributed by atoms with Crippen LogP contribution in [0.25, 0.3) is 0 Å². The Morgan fingerprint density at radius 3 is 2.43 bits per heavy atom. The van der Waals surface area contributed by atoms with Gasteiger partial charge in [-0.25, -0.2) is 0 Å². The van der Waals surface area contributed by atoms with Gasteiger partial charge in [-0.1, -0.05) is 0 Å². The molecular weight excluding hydrogens is 294 g/mol. The molecule has 1 rings (SSSR count). The lowest BCUT2D eigenvalue weighted by Crippen LogP contribution is -2.49. The van der Waals surface area contributed by atoms with Crippen LogP contribution >= 0.6 is 11.8 Å². The van der Waals surface area contributed by atoms with Gasteiger partial charge in [0.15, 0.2) is 6.61 Å². The fourth-order valence-corrected chi connectivity index (χ4v) is 2.01. The third-order valence-corrected chi connectivity index (χ3v) is 3.30. The molecule has 21 heavy (non-hydrogen) atoms. The number of carbonyl (C=O) groups is 2. The molecule has 0 saturated carbocycles. The Morgan fingerprint density at radius 1 is 1.29 bits per heavy atom. The minimum atomic E-state index is -1.29. The zero-order valence-electron chi connectivity index (χ0n) is 12.0. The van der Waals surface area contributed by atoms with Crippen molar-refractivity contribution in [1.29, 1.82) is 0 Å². The van der Waals surface area contributed by atoms with Crippen molar-refractivity contribution in [2.24, 2.45) is 0 Å². The van der Waals surface area contributed by atoms with E-state index < -0.39 is 17.9 Å². The predicted molar refractivity (Wildman–Crippen MR) is 78.4 cm³/mol. The van der Waals surface area contributed by atoms with Crippen LogP contribution in [0.2, 0.25) is 0 Å².